The molecule has 0 radical (unpaired) electrons. The predicted octanol–water partition coefficient (Wildman–Crippen LogP) is 3.06. The van der Waals surface area contributed by atoms with Crippen LogP contribution in [0.25, 0.3) is 16.9 Å². The quantitative estimate of drug-likeness (QED) is 0.693. The number of esters is 1. The highest BCUT2D eigenvalue weighted by Gasteiger charge is 2.15. The fourth-order valence-electron chi connectivity index (χ4n) is 2.59. The number of aryl methyl sites for hydroxylation is 2. The molecule has 0 N–H and O–H groups in total. The molecule has 0 spiro atoms. The van der Waals surface area contributed by atoms with E-state index in [0.717, 1.165) is 22.5 Å². The van der Waals surface area contributed by atoms with E-state index in [1.165, 1.54) is 0 Å². The van der Waals surface area contributed by atoms with Gasteiger partial charge < -0.3 is 4.74 Å². The number of hydrogen-bond donors (Lipinski definition) is 0. The minimum Gasteiger partial charge on any atom is -0.461 e. The van der Waals surface area contributed by atoms with Crippen LogP contribution in [0, 0.1) is 25.2 Å². The van der Waals surface area contributed by atoms with Crippen molar-refractivity contribution in [2.75, 3.05) is 6.61 Å². The SMILES string of the molecule is CCOC(=O)c1cc(C)n2nc(-c3ccc(C#N)cc3C)cc2n1. The highest BCUT2D eigenvalue weighted by molar-refractivity contribution is 5.88. The zero-order chi connectivity index (χ0) is 17.3. The van der Waals surface area contributed by atoms with Gasteiger partial charge in [0.1, 0.15) is 0 Å². The standard InChI is InChI=1S/C18H16N4O2/c1-4-24-18(23)16-8-12(3)22-17(20-16)9-15(21-22)14-6-5-13(10-19)7-11(14)2/h5-9H,4H2,1-3H3. The molecule has 0 amide bonds. The Hall–Kier alpha value is -3.20. The van der Waals surface area contributed by atoms with Crippen molar-refractivity contribution in [3.05, 3.63) is 52.8 Å². The molecule has 24 heavy (non-hydrogen) atoms. The van der Waals surface area contributed by atoms with Gasteiger partial charge in [0, 0.05) is 17.3 Å². The normalized spacial score (nSPS) is 10.6. The summed E-state index contributed by atoms with van der Waals surface area (Å²) in [6.45, 7) is 5.86. The van der Waals surface area contributed by atoms with Crippen LogP contribution in [0.4, 0.5) is 0 Å². The molecule has 6 heteroatoms. The van der Waals surface area contributed by atoms with Gasteiger partial charge in [-0.2, -0.15) is 10.4 Å². The first-order chi connectivity index (χ1) is 11.5. The summed E-state index contributed by atoms with van der Waals surface area (Å²) in [6.07, 6.45) is 0. The summed E-state index contributed by atoms with van der Waals surface area (Å²) in [5, 5.41) is 13.5. The van der Waals surface area contributed by atoms with Gasteiger partial charge in [-0.25, -0.2) is 14.3 Å². The van der Waals surface area contributed by atoms with E-state index in [2.05, 4.69) is 16.2 Å². The Balaban J connectivity index is 2.10. The molecule has 0 aliphatic carbocycles. The highest BCUT2D eigenvalue weighted by atomic mass is 16.5. The first kappa shape index (κ1) is 15.7. The molecule has 0 saturated carbocycles. The van der Waals surface area contributed by atoms with Gasteiger partial charge >= 0.3 is 5.97 Å². The minimum atomic E-state index is -0.444. The molecule has 0 aliphatic heterocycles. The molecule has 1 aromatic carbocycles. The number of carbonyl (C=O) groups excluding carboxylic acids is 1. The van der Waals surface area contributed by atoms with Crippen LogP contribution in [0.3, 0.4) is 0 Å². The van der Waals surface area contributed by atoms with Crippen LogP contribution in [0.15, 0.2) is 30.3 Å². The van der Waals surface area contributed by atoms with Gasteiger partial charge in [-0.3, -0.25) is 0 Å². The largest absolute Gasteiger partial charge is 0.461 e. The fraction of sp³-hybridized carbons (Fsp3) is 0.222. The number of nitriles is 1. The van der Waals surface area contributed by atoms with Gasteiger partial charge in [-0.15, -0.1) is 0 Å². The lowest BCUT2D eigenvalue weighted by molar-refractivity contribution is 0.0519. The van der Waals surface area contributed by atoms with Crippen LogP contribution in [-0.4, -0.2) is 27.2 Å². The van der Waals surface area contributed by atoms with Crippen molar-refractivity contribution >= 4 is 11.6 Å². The van der Waals surface area contributed by atoms with Crippen molar-refractivity contribution in [2.24, 2.45) is 0 Å². The van der Waals surface area contributed by atoms with Crippen molar-refractivity contribution in [3.8, 4) is 17.3 Å². The summed E-state index contributed by atoms with van der Waals surface area (Å²) in [7, 11) is 0. The molecule has 2 aromatic heterocycles. The lowest BCUT2D eigenvalue weighted by Gasteiger charge is -2.04. The van der Waals surface area contributed by atoms with Gasteiger partial charge in [-0.1, -0.05) is 6.07 Å². The van der Waals surface area contributed by atoms with E-state index in [-0.39, 0.29) is 5.69 Å². The number of benzene rings is 1. The second-order valence-corrected chi connectivity index (χ2v) is 5.44. The van der Waals surface area contributed by atoms with E-state index in [1.54, 1.807) is 23.6 Å². The van der Waals surface area contributed by atoms with Crippen molar-refractivity contribution in [3.63, 3.8) is 0 Å². The third-order valence-corrected chi connectivity index (χ3v) is 3.72. The third kappa shape index (κ3) is 2.72. The third-order valence-electron chi connectivity index (χ3n) is 3.72. The molecule has 0 bridgehead atoms. The number of rotatable bonds is 3. The van der Waals surface area contributed by atoms with Gasteiger partial charge in [0.15, 0.2) is 11.3 Å². The summed E-state index contributed by atoms with van der Waals surface area (Å²) in [4.78, 5) is 16.2. The van der Waals surface area contributed by atoms with Crippen LogP contribution in [0.2, 0.25) is 0 Å². The molecule has 0 aliphatic rings. The van der Waals surface area contributed by atoms with Crippen LogP contribution >= 0.6 is 0 Å². The number of carbonyl (C=O) groups is 1. The predicted molar refractivity (Wildman–Crippen MR) is 88.6 cm³/mol. The fourth-order valence-corrected chi connectivity index (χ4v) is 2.59. The number of aromatic nitrogens is 3. The molecule has 120 valence electrons. The van der Waals surface area contributed by atoms with Gasteiger partial charge in [0.25, 0.3) is 0 Å². The van der Waals surface area contributed by atoms with Crippen LogP contribution in [0.1, 0.15) is 34.2 Å². The van der Waals surface area contributed by atoms with E-state index in [9.17, 15) is 4.79 Å². The number of nitrogens with zero attached hydrogens (tertiary/aromatic N) is 4. The highest BCUT2D eigenvalue weighted by Crippen LogP contribution is 2.24. The first-order valence-corrected chi connectivity index (χ1v) is 7.59. The Labute approximate surface area is 139 Å². The Morgan fingerprint density at radius 1 is 1.29 bits per heavy atom. The zero-order valence-electron chi connectivity index (χ0n) is 13.7. The number of hydrogen-bond acceptors (Lipinski definition) is 5. The second-order valence-electron chi connectivity index (χ2n) is 5.44. The van der Waals surface area contributed by atoms with Crippen molar-refractivity contribution in [2.45, 2.75) is 20.8 Å². The van der Waals surface area contributed by atoms with Gasteiger partial charge in [0.05, 0.1) is 23.9 Å². The van der Waals surface area contributed by atoms with Crippen molar-refractivity contribution in [1.82, 2.24) is 14.6 Å². The average Bonchev–Trinajstić information content (AvgIpc) is 2.99. The minimum absolute atomic E-state index is 0.268. The summed E-state index contributed by atoms with van der Waals surface area (Å²) in [5.74, 6) is -0.444. The molecular weight excluding hydrogens is 304 g/mol. The second kappa shape index (κ2) is 6.13. The maximum absolute atomic E-state index is 11.9. The Morgan fingerprint density at radius 2 is 2.08 bits per heavy atom. The topological polar surface area (TPSA) is 80.3 Å². The van der Waals surface area contributed by atoms with Gasteiger partial charge in [0.2, 0.25) is 0 Å². The molecule has 3 rings (SSSR count). The molecule has 3 aromatic rings. The smallest absolute Gasteiger partial charge is 0.357 e. The van der Waals surface area contributed by atoms with Crippen LogP contribution < -0.4 is 0 Å². The molecule has 2 heterocycles. The average molecular weight is 320 g/mol. The van der Waals surface area contributed by atoms with E-state index < -0.39 is 5.97 Å². The summed E-state index contributed by atoms with van der Waals surface area (Å²) in [5.41, 5.74) is 4.88. The summed E-state index contributed by atoms with van der Waals surface area (Å²) < 4.78 is 6.70. The summed E-state index contributed by atoms with van der Waals surface area (Å²) >= 11 is 0. The van der Waals surface area contributed by atoms with E-state index >= 15 is 0 Å². The number of fused-ring (bicyclic) bond motifs is 1. The maximum atomic E-state index is 11.9. The van der Waals surface area contributed by atoms with E-state index in [0.29, 0.717) is 17.8 Å². The Kier molecular flexibility index (Phi) is 4.00. The summed E-state index contributed by atoms with van der Waals surface area (Å²) in [6, 6.07) is 11.1. The van der Waals surface area contributed by atoms with Crippen molar-refractivity contribution in [1.29, 1.82) is 5.26 Å². The maximum Gasteiger partial charge on any atom is 0.357 e. The molecular formula is C18H16N4O2. The molecule has 6 nitrogen and oxygen atoms in total. The lowest BCUT2D eigenvalue weighted by Crippen LogP contribution is -2.09. The van der Waals surface area contributed by atoms with Crippen LogP contribution in [0.5, 0.6) is 0 Å². The zero-order valence-corrected chi connectivity index (χ0v) is 13.7. The van der Waals surface area contributed by atoms with Crippen molar-refractivity contribution < 1.29 is 9.53 Å². The lowest BCUT2D eigenvalue weighted by atomic mass is 10.0. The Morgan fingerprint density at radius 3 is 2.75 bits per heavy atom. The first-order valence-electron chi connectivity index (χ1n) is 7.59. The van der Waals surface area contributed by atoms with Crippen LogP contribution in [-0.2, 0) is 4.74 Å². The molecule has 0 fully saturated rings. The number of ether oxygens (including phenoxy) is 1. The molecule has 0 unspecified atom stereocenters. The van der Waals surface area contributed by atoms with Gasteiger partial charge in [-0.05, 0) is 44.5 Å². The molecule has 0 saturated heterocycles. The van der Waals surface area contributed by atoms with E-state index in [1.807, 2.05) is 32.0 Å². The Bertz CT molecular complexity index is 983. The molecule has 0 atom stereocenters. The van der Waals surface area contributed by atoms with E-state index in [4.69, 9.17) is 10.00 Å². The monoisotopic (exact) mass is 320 g/mol.